The largest absolute Gasteiger partial charge is 0.458 e. The van der Waals surface area contributed by atoms with Crippen LogP contribution in [-0.4, -0.2) is 5.97 Å². The minimum Gasteiger partial charge on any atom is -0.458 e. The Hall–Kier alpha value is -2.09. The molecule has 0 unspecified atom stereocenters. The van der Waals surface area contributed by atoms with E-state index in [0.717, 1.165) is 11.1 Å². The molecule has 0 aliphatic rings. The smallest absolute Gasteiger partial charge is 0.310 e. The van der Waals surface area contributed by atoms with E-state index in [1.807, 2.05) is 67.6 Å². The van der Waals surface area contributed by atoms with E-state index in [0.29, 0.717) is 6.42 Å². The number of rotatable bonds is 4. The standard InChI is InChI=1S/C16H16O2/c1-13(15-10-6-3-7-11-15)18-16(17)12-14-8-4-2-5-9-14/h2-11,13H,12H2,1H3/t13-/m1/s1. The SMILES string of the molecule is C[C@@H](OC(=O)Cc1ccccc1)c1ccccc1. The van der Waals surface area contributed by atoms with Crippen LogP contribution in [0.15, 0.2) is 60.7 Å². The van der Waals surface area contributed by atoms with Gasteiger partial charge in [0, 0.05) is 0 Å². The first-order chi connectivity index (χ1) is 8.75. The summed E-state index contributed by atoms with van der Waals surface area (Å²) in [4.78, 5) is 11.8. The maximum absolute atomic E-state index is 11.8. The molecule has 2 rings (SSSR count). The van der Waals surface area contributed by atoms with Gasteiger partial charge < -0.3 is 4.74 Å². The molecule has 2 heteroatoms. The summed E-state index contributed by atoms with van der Waals surface area (Å²) in [5, 5.41) is 0. The zero-order chi connectivity index (χ0) is 12.8. The molecule has 0 amide bonds. The van der Waals surface area contributed by atoms with Gasteiger partial charge >= 0.3 is 5.97 Å². The van der Waals surface area contributed by atoms with Crippen LogP contribution in [0.5, 0.6) is 0 Å². The number of benzene rings is 2. The Labute approximate surface area is 107 Å². The van der Waals surface area contributed by atoms with E-state index >= 15 is 0 Å². The van der Waals surface area contributed by atoms with Crippen LogP contribution in [0.2, 0.25) is 0 Å². The zero-order valence-electron chi connectivity index (χ0n) is 10.4. The molecule has 2 nitrogen and oxygen atoms in total. The van der Waals surface area contributed by atoms with Crippen LogP contribution >= 0.6 is 0 Å². The minimum atomic E-state index is -0.206. The second kappa shape index (κ2) is 6.01. The van der Waals surface area contributed by atoms with Crippen molar-refractivity contribution in [2.45, 2.75) is 19.4 Å². The highest BCUT2D eigenvalue weighted by molar-refractivity contribution is 5.72. The molecule has 2 aromatic rings. The molecule has 0 aliphatic carbocycles. The molecule has 92 valence electrons. The minimum absolute atomic E-state index is 0.197. The summed E-state index contributed by atoms with van der Waals surface area (Å²) in [6.45, 7) is 1.89. The topological polar surface area (TPSA) is 26.3 Å². The average Bonchev–Trinajstić information content (AvgIpc) is 2.40. The fraction of sp³-hybridized carbons (Fsp3) is 0.188. The number of hydrogen-bond donors (Lipinski definition) is 0. The summed E-state index contributed by atoms with van der Waals surface area (Å²) in [6, 6.07) is 19.4. The van der Waals surface area contributed by atoms with Gasteiger partial charge in [0.25, 0.3) is 0 Å². The van der Waals surface area contributed by atoms with Crippen molar-refractivity contribution in [2.24, 2.45) is 0 Å². The van der Waals surface area contributed by atoms with Gasteiger partial charge in [-0.3, -0.25) is 4.79 Å². The molecule has 2 aromatic carbocycles. The Morgan fingerprint density at radius 2 is 1.56 bits per heavy atom. The van der Waals surface area contributed by atoms with Crippen LogP contribution in [-0.2, 0) is 16.0 Å². The normalized spacial score (nSPS) is 11.8. The number of ether oxygens (including phenoxy) is 1. The molecule has 0 aliphatic heterocycles. The van der Waals surface area contributed by atoms with Crippen LogP contribution in [0, 0.1) is 0 Å². The van der Waals surface area contributed by atoms with E-state index in [2.05, 4.69) is 0 Å². The molecule has 18 heavy (non-hydrogen) atoms. The molecule has 0 N–H and O–H groups in total. The molecular weight excluding hydrogens is 224 g/mol. The maximum atomic E-state index is 11.8. The van der Waals surface area contributed by atoms with Gasteiger partial charge in [-0.05, 0) is 18.1 Å². The van der Waals surface area contributed by atoms with Crippen molar-refractivity contribution < 1.29 is 9.53 Å². The Kier molecular flexibility index (Phi) is 4.13. The number of hydrogen-bond acceptors (Lipinski definition) is 2. The van der Waals surface area contributed by atoms with E-state index in [4.69, 9.17) is 4.74 Å². The Morgan fingerprint density at radius 1 is 1.00 bits per heavy atom. The molecular formula is C16H16O2. The molecule has 0 bridgehead atoms. The first kappa shape index (κ1) is 12.4. The predicted octanol–water partition coefficient (Wildman–Crippen LogP) is 3.53. The van der Waals surface area contributed by atoms with Crippen molar-refractivity contribution >= 4 is 5.97 Å². The molecule has 0 radical (unpaired) electrons. The Morgan fingerprint density at radius 3 is 2.17 bits per heavy atom. The first-order valence-corrected chi connectivity index (χ1v) is 6.04. The van der Waals surface area contributed by atoms with Crippen LogP contribution in [0.3, 0.4) is 0 Å². The quantitative estimate of drug-likeness (QED) is 0.764. The maximum Gasteiger partial charge on any atom is 0.310 e. The summed E-state index contributed by atoms with van der Waals surface area (Å²) in [5.74, 6) is -0.197. The lowest BCUT2D eigenvalue weighted by Crippen LogP contribution is -2.11. The van der Waals surface area contributed by atoms with Gasteiger partial charge in [-0.25, -0.2) is 0 Å². The van der Waals surface area contributed by atoms with Gasteiger partial charge in [-0.1, -0.05) is 60.7 Å². The third kappa shape index (κ3) is 3.45. The summed E-state index contributed by atoms with van der Waals surface area (Å²) in [7, 11) is 0. The van der Waals surface area contributed by atoms with Crippen LogP contribution in [0.25, 0.3) is 0 Å². The van der Waals surface area contributed by atoms with Gasteiger partial charge in [0.15, 0.2) is 0 Å². The molecule has 0 heterocycles. The number of esters is 1. The van der Waals surface area contributed by atoms with E-state index < -0.39 is 0 Å². The Balaban J connectivity index is 1.92. The van der Waals surface area contributed by atoms with Gasteiger partial charge in [-0.15, -0.1) is 0 Å². The van der Waals surface area contributed by atoms with Crippen molar-refractivity contribution in [1.82, 2.24) is 0 Å². The lowest BCUT2D eigenvalue weighted by atomic mass is 10.1. The third-order valence-corrected chi connectivity index (χ3v) is 2.77. The zero-order valence-corrected chi connectivity index (χ0v) is 10.4. The van der Waals surface area contributed by atoms with Gasteiger partial charge in [0.2, 0.25) is 0 Å². The highest BCUT2D eigenvalue weighted by Gasteiger charge is 2.11. The Bertz CT molecular complexity index is 491. The lowest BCUT2D eigenvalue weighted by molar-refractivity contribution is -0.147. The molecule has 1 atom stereocenters. The van der Waals surface area contributed by atoms with Crippen LogP contribution in [0.4, 0.5) is 0 Å². The van der Waals surface area contributed by atoms with Crippen molar-refractivity contribution in [3.05, 3.63) is 71.8 Å². The van der Waals surface area contributed by atoms with Gasteiger partial charge in [-0.2, -0.15) is 0 Å². The number of carbonyl (C=O) groups excluding carboxylic acids is 1. The van der Waals surface area contributed by atoms with Crippen LogP contribution in [0.1, 0.15) is 24.2 Å². The summed E-state index contributed by atoms with van der Waals surface area (Å²) < 4.78 is 5.40. The fourth-order valence-electron chi connectivity index (χ4n) is 1.79. The average molecular weight is 240 g/mol. The second-order valence-corrected chi connectivity index (χ2v) is 4.21. The molecule has 0 fully saturated rings. The monoisotopic (exact) mass is 240 g/mol. The highest BCUT2D eigenvalue weighted by Crippen LogP contribution is 2.16. The molecule has 0 saturated heterocycles. The van der Waals surface area contributed by atoms with Crippen molar-refractivity contribution in [1.29, 1.82) is 0 Å². The van der Waals surface area contributed by atoms with Gasteiger partial charge in [0.05, 0.1) is 6.42 Å². The molecule has 0 saturated carbocycles. The third-order valence-electron chi connectivity index (χ3n) is 2.77. The lowest BCUT2D eigenvalue weighted by Gasteiger charge is -2.13. The summed E-state index contributed by atoms with van der Waals surface area (Å²) in [6.07, 6.45) is 0.111. The van der Waals surface area contributed by atoms with E-state index in [1.54, 1.807) is 0 Å². The predicted molar refractivity (Wildman–Crippen MR) is 71.1 cm³/mol. The summed E-state index contributed by atoms with van der Waals surface area (Å²) >= 11 is 0. The van der Waals surface area contributed by atoms with Gasteiger partial charge in [0.1, 0.15) is 6.10 Å². The van der Waals surface area contributed by atoms with Crippen molar-refractivity contribution in [2.75, 3.05) is 0 Å². The first-order valence-electron chi connectivity index (χ1n) is 6.04. The highest BCUT2D eigenvalue weighted by atomic mass is 16.5. The second-order valence-electron chi connectivity index (χ2n) is 4.21. The van der Waals surface area contributed by atoms with Crippen LogP contribution < -0.4 is 0 Å². The summed E-state index contributed by atoms with van der Waals surface area (Å²) in [5.41, 5.74) is 1.99. The van der Waals surface area contributed by atoms with Crippen molar-refractivity contribution in [3.8, 4) is 0 Å². The van der Waals surface area contributed by atoms with E-state index in [1.165, 1.54) is 0 Å². The van der Waals surface area contributed by atoms with E-state index in [-0.39, 0.29) is 12.1 Å². The van der Waals surface area contributed by atoms with Crippen molar-refractivity contribution in [3.63, 3.8) is 0 Å². The fourth-order valence-corrected chi connectivity index (χ4v) is 1.79. The molecule has 0 spiro atoms. The molecule has 0 aromatic heterocycles. The number of carbonyl (C=O) groups is 1. The van der Waals surface area contributed by atoms with E-state index in [9.17, 15) is 4.79 Å².